The Morgan fingerprint density at radius 1 is 1.35 bits per heavy atom. The summed E-state index contributed by atoms with van der Waals surface area (Å²) in [4.78, 5) is 15.1. The number of aryl methyl sites for hydroxylation is 2. The monoisotopic (exact) mass is 239 g/mol. The lowest BCUT2D eigenvalue weighted by Gasteiger charge is -2.02. The fourth-order valence-corrected chi connectivity index (χ4v) is 1.63. The number of unbranched alkanes of at least 4 members (excludes halogenated alkanes) is 3. The molecule has 0 aliphatic heterocycles. The number of rotatable bonds is 8. The van der Waals surface area contributed by atoms with Crippen molar-refractivity contribution < 1.29 is 9.53 Å². The van der Waals surface area contributed by atoms with E-state index in [0.717, 1.165) is 38.1 Å². The fraction of sp³-hybridized carbons (Fsp3) is 0.750. The number of nitrogens with zero attached hydrogens (tertiary/aromatic N) is 3. The number of hydrogen-bond donors (Lipinski definition) is 0. The van der Waals surface area contributed by atoms with Gasteiger partial charge in [0.1, 0.15) is 12.2 Å². The van der Waals surface area contributed by atoms with Gasteiger partial charge in [-0.25, -0.2) is 4.98 Å². The van der Waals surface area contributed by atoms with Crippen LogP contribution in [0.15, 0.2) is 6.33 Å². The van der Waals surface area contributed by atoms with E-state index in [9.17, 15) is 4.79 Å². The van der Waals surface area contributed by atoms with Gasteiger partial charge in [0.2, 0.25) is 0 Å². The molecular weight excluding hydrogens is 218 g/mol. The van der Waals surface area contributed by atoms with Crippen molar-refractivity contribution in [1.82, 2.24) is 14.8 Å². The Morgan fingerprint density at radius 3 is 2.76 bits per heavy atom. The third kappa shape index (κ3) is 6.04. The van der Waals surface area contributed by atoms with Crippen LogP contribution in [-0.2, 0) is 16.1 Å². The minimum atomic E-state index is -0.0839. The molecule has 0 aliphatic rings. The highest BCUT2D eigenvalue weighted by atomic mass is 16.5. The molecule has 1 heterocycles. The number of aromatic nitrogens is 3. The van der Waals surface area contributed by atoms with Crippen molar-refractivity contribution in [3.05, 3.63) is 12.2 Å². The standard InChI is InChI=1S/C12H21N3O2/c1-3-17-12(16)8-6-4-5-7-9-15-10-13-11(2)14-15/h10H,3-9H2,1-2H3. The molecule has 0 unspecified atom stereocenters. The van der Waals surface area contributed by atoms with Gasteiger partial charge in [0.05, 0.1) is 6.61 Å². The third-order valence-corrected chi connectivity index (χ3v) is 2.47. The van der Waals surface area contributed by atoms with Gasteiger partial charge in [-0.1, -0.05) is 12.8 Å². The molecule has 0 spiro atoms. The van der Waals surface area contributed by atoms with Crippen LogP contribution in [0.3, 0.4) is 0 Å². The molecular formula is C12H21N3O2. The minimum absolute atomic E-state index is 0.0839. The highest BCUT2D eigenvalue weighted by Gasteiger charge is 2.01. The molecule has 0 N–H and O–H groups in total. The zero-order valence-corrected chi connectivity index (χ0v) is 10.7. The van der Waals surface area contributed by atoms with Gasteiger partial charge >= 0.3 is 5.97 Å². The first-order chi connectivity index (χ1) is 8.22. The van der Waals surface area contributed by atoms with Crippen LogP contribution in [0.1, 0.15) is 44.9 Å². The number of hydrogen-bond acceptors (Lipinski definition) is 4. The first-order valence-corrected chi connectivity index (χ1v) is 6.24. The van der Waals surface area contributed by atoms with Crippen molar-refractivity contribution in [2.45, 2.75) is 52.5 Å². The van der Waals surface area contributed by atoms with Crippen LogP contribution in [0, 0.1) is 6.92 Å². The number of esters is 1. The van der Waals surface area contributed by atoms with Crippen molar-refractivity contribution in [3.8, 4) is 0 Å². The second-order valence-electron chi connectivity index (χ2n) is 4.02. The van der Waals surface area contributed by atoms with Crippen LogP contribution in [0.25, 0.3) is 0 Å². The van der Waals surface area contributed by atoms with Crippen LogP contribution in [0.4, 0.5) is 0 Å². The van der Waals surface area contributed by atoms with Gasteiger partial charge in [0, 0.05) is 13.0 Å². The van der Waals surface area contributed by atoms with E-state index in [1.165, 1.54) is 0 Å². The molecule has 0 aliphatic carbocycles. The van der Waals surface area contributed by atoms with Crippen molar-refractivity contribution in [1.29, 1.82) is 0 Å². The average Bonchev–Trinajstić information content (AvgIpc) is 2.70. The molecule has 1 rings (SSSR count). The number of carbonyl (C=O) groups excluding carboxylic acids is 1. The molecule has 0 amide bonds. The van der Waals surface area contributed by atoms with Crippen LogP contribution in [-0.4, -0.2) is 27.3 Å². The lowest BCUT2D eigenvalue weighted by atomic mass is 10.1. The normalized spacial score (nSPS) is 10.5. The smallest absolute Gasteiger partial charge is 0.305 e. The summed E-state index contributed by atoms with van der Waals surface area (Å²) in [7, 11) is 0. The molecule has 0 saturated heterocycles. The summed E-state index contributed by atoms with van der Waals surface area (Å²) in [5.41, 5.74) is 0. The molecule has 5 nitrogen and oxygen atoms in total. The summed E-state index contributed by atoms with van der Waals surface area (Å²) in [6, 6.07) is 0. The van der Waals surface area contributed by atoms with Crippen molar-refractivity contribution in [3.63, 3.8) is 0 Å². The second-order valence-corrected chi connectivity index (χ2v) is 4.02. The van der Waals surface area contributed by atoms with Crippen molar-refractivity contribution in [2.75, 3.05) is 6.61 Å². The van der Waals surface area contributed by atoms with E-state index < -0.39 is 0 Å². The van der Waals surface area contributed by atoms with E-state index in [-0.39, 0.29) is 5.97 Å². The van der Waals surface area contributed by atoms with Crippen LogP contribution in [0.5, 0.6) is 0 Å². The molecule has 5 heteroatoms. The SMILES string of the molecule is CCOC(=O)CCCCCCn1cnc(C)n1. The lowest BCUT2D eigenvalue weighted by Crippen LogP contribution is -2.03. The molecule has 1 aromatic heterocycles. The molecule has 0 bridgehead atoms. The van der Waals surface area contributed by atoms with Gasteiger partial charge in [0.15, 0.2) is 0 Å². The predicted molar refractivity (Wildman–Crippen MR) is 64.5 cm³/mol. The largest absolute Gasteiger partial charge is 0.466 e. The second kappa shape index (κ2) is 7.81. The fourth-order valence-electron chi connectivity index (χ4n) is 1.63. The summed E-state index contributed by atoms with van der Waals surface area (Å²) in [5.74, 6) is 0.728. The molecule has 0 atom stereocenters. The maximum Gasteiger partial charge on any atom is 0.305 e. The minimum Gasteiger partial charge on any atom is -0.466 e. The summed E-state index contributed by atoms with van der Waals surface area (Å²) in [5, 5.41) is 4.21. The Labute approximate surface area is 102 Å². The van der Waals surface area contributed by atoms with E-state index in [0.29, 0.717) is 13.0 Å². The lowest BCUT2D eigenvalue weighted by molar-refractivity contribution is -0.143. The predicted octanol–water partition coefficient (Wildman–Crippen LogP) is 2.10. The van der Waals surface area contributed by atoms with Gasteiger partial charge in [-0.15, -0.1) is 0 Å². The molecule has 0 saturated carbocycles. The molecule has 0 radical (unpaired) electrons. The summed E-state index contributed by atoms with van der Waals surface area (Å²) < 4.78 is 6.72. The Hall–Kier alpha value is -1.39. The molecule has 0 fully saturated rings. The van der Waals surface area contributed by atoms with Gasteiger partial charge in [0.25, 0.3) is 0 Å². The Morgan fingerprint density at radius 2 is 2.12 bits per heavy atom. The van der Waals surface area contributed by atoms with E-state index >= 15 is 0 Å². The summed E-state index contributed by atoms with van der Waals surface area (Å²) >= 11 is 0. The Bertz CT molecular complexity index is 336. The van der Waals surface area contributed by atoms with Gasteiger partial charge in [-0.2, -0.15) is 5.10 Å². The Kier molecular flexibility index (Phi) is 6.29. The maximum atomic E-state index is 11.1. The quantitative estimate of drug-likeness (QED) is 0.515. The first kappa shape index (κ1) is 13.7. The summed E-state index contributed by atoms with van der Waals surface area (Å²) in [6.07, 6.45) is 6.45. The zero-order chi connectivity index (χ0) is 12.5. The van der Waals surface area contributed by atoms with Crippen molar-refractivity contribution >= 4 is 5.97 Å². The number of carbonyl (C=O) groups is 1. The number of ether oxygens (including phenoxy) is 1. The van der Waals surface area contributed by atoms with Crippen molar-refractivity contribution in [2.24, 2.45) is 0 Å². The van der Waals surface area contributed by atoms with Gasteiger partial charge in [-0.05, 0) is 26.7 Å². The zero-order valence-electron chi connectivity index (χ0n) is 10.7. The van der Waals surface area contributed by atoms with E-state index in [1.807, 2.05) is 18.5 Å². The highest BCUT2D eigenvalue weighted by molar-refractivity contribution is 5.69. The first-order valence-electron chi connectivity index (χ1n) is 6.24. The molecule has 17 heavy (non-hydrogen) atoms. The molecule has 1 aromatic rings. The van der Waals surface area contributed by atoms with E-state index in [2.05, 4.69) is 10.1 Å². The Balaban J connectivity index is 1.96. The van der Waals surface area contributed by atoms with E-state index in [1.54, 1.807) is 6.33 Å². The molecule has 96 valence electrons. The average molecular weight is 239 g/mol. The van der Waals surface area contributed by atoms with Gasteiger partial charge in [-0.3, -0.25) is 9.48 Å². The van der Waals surface area contributed by atoms with Crippen LogP contribution in [0.2, 0.25) is 0 Å². The maximum absolute atomic E-state index is 11.1. The third-order valence-electron chi connectivity index (χ3n) is 2.47. The van der Waals surface area contributed by atoms with E-state index in [4.69, 9.17) is 4.74 Å². The topological polar surface area (TPSA) is 57.0 Å². The van der Waals surface area contributed by atoms with Crippen LogP contribution < -0.4 is 0 Å². The van der Waals surface area contributed by atoms with Gasteiger partial charge < -0.3 is 4.74 Å². The molecule has 0 aromatic carbocycles. The summed E-state index contributed by atoms with van der Waals surface area (Å²) in [6.45, 7) is 5.10. The van der Waals surface area contributed by atoms with Crippen LogP contribution >= 0.6 is 0 Å². The highest BCUT2D eigenvalue weighted by Crippen LogP contribution is 2.05.